The number of alkyl halides is 3. The maximum Gasteiger partial charge on any atom is 0.433 e. The number of nitrogens with one attached hydrogen (secondary N) is 1. The van der Waals surface area contributed by atoms with Gasteiger partial charge in [-0.15, -0.1) is 0 Å². The highest BCUT2D eigenvalue weighted by Gasteiger charge is 2.50. The first-order chi connectivity index (χ1) is 15.5. The van der Waals surface area contributed by atoms with Crippen molar-refractivity contribution in [3.05, 3.63) is 53.3 Å². The summed E-state index contributed by atoms with van der Waals surface area (Å²) in [5, 5.41) is 3.13. The Kier molecular flexibility index (Phi) is 5.80. The lowest BCUT2D eigenvalue weighted by molar-refractivity contribution is -0.141. The van der Waals surface area contributed by atoms with Crippen molar-refractivity contribution >= 4 is 11.7 Å². The number of rotatable bonds is 4. The van der Waals surface area contributed by atoms with E-state index in [1.54, 1.807) is 14.0 Å². The van der Waals surface area contributed by atoms with Crippen LogP contribution in [-0.2, 0) is 11.7 Å². The van der Waals surface area contributed by atoms with Crippen molar-refractivity contribution in [2.75, 3.05) is 32.6 Å². The van der Waals surface area contributed by atoms with Gasteiger partial charge in [0, 0.05) is 5.54 Å². The molecule has 1 saturated heterocycles. The normalized spacial score (nSPS) is 25.6. The number of ether oxygens (including phenoxy) is 1. The van der Waals surface area contributed by atoms with Crippen molar-refractivity contribution in [2.45, 2.75) is 49.9 Å². The van der Waals surface area contributed by atoms with Gasteiger partial charge >= 0.3 is 12.2 Å². The number of aryl methyl sites for hydroxylation is 1. The van der Waals surface area contributed by atoms with E-state index in [1.807, 2.05) is 12.1 Å². The molecule has 1 N–H and O–H groups in total. The van der Waals surface area contributed by atoms with E-state index in [4.69, 9.17) is 4.74 Å². The molecule has 2 heterocycles. The number of halogens is 3. The fourth-order valence-electron chi connectivity index (χ4n) is 5.22. The third-order valence-electron chi connectivity index (χ3n) is 7.24. The summed E-state index contributed by atoms with van der Waals surface area (Å²) >= 11 is 0. The van der Waals surface area contributed by atoms with E-state index in [2.05, 4.69) is 41.4 Å². The lowest BCUT2D eigenvalue weighted by atomic mass is 9.69. The number of urea groups is 1. The highest BCUT2D eigenvalue weighted by atomic mass is 19.4. The average Bonchev–Trinajstić information content (AvgIpc) is 3.09. The summed E-state index contributed by atoms with van der Waals surface area (Å²) in [7, 11) is 5.78. The SMILES string of the molecule is COc1cccc([C@]2(N(C)C)CC[C@@]3(CC2)CN(c2cnc(C(F)(F)F)cc2C)C(=O)N3)c1. The van der Waals surface area contributed by atoms with E-state index in [0.29, 0.717) is 17.8 Å². The van der Waals surface area contributed by atoms with Crippen LogP contribution in [0.4, 0.5) is 23.7 Å². The topological polar surface area (TPSA) is 57.7 Å². The zero-order valence-electron chi connectivity index (χ0n) is 19.3. The Balaban J connectivity index is 1.56. The molecule has 0 unspecified atom stereocenters. The summed E-state index contributed by atoms with van der Waals surface area (Å²) in [5.41, 5.74) is 0.387. The van der Waals surface area contributed by atoms with Gasteiger partial charge < -0.3 is 10.1 Å². The van der Waals surface area contributed by atoms with E-state index in [9.17, 15) is 18.0 Å². The molecule has 0 bridgehead atoms. The second kappa shape index (κ2) is 8.20. The van der Waals surface area contributed by atoms with Crippen molar-refractivity contribution in [3.8, 4) is 5.75 Å². The summed E-state index contributed by atoms with van der Waals surface area (Å²) in [6.07, 6.45) is -0.219. The second-order valence-electron chi connectivity index (χ2n) is 9.31. The maximum atomic E-state index is 13.0. The number of benzene rings is 1. The fraction of sp³-hybridized carbons (Fsp3) is 0.500. The van der Waals surface area contributed by atoms with Crippen molar-refractivity contribution in [1.82, 2.24) is 15.2 Å². The Morgan fingerprint density at radius 2 is 1.85 bits per heavy atom. The van der Waals surface area contributed by atoms with Gasteiger partial charge in [0.05, 0.1) is 31.1 Å². The van der Waals surface area contributed by atoms with Gasteiger partial charge in [-0.25, -0.2) is 9.78 Å². The quantitative estimate of drug-likeness (QED) is 0.715. The lowest BCUT2D eigenvalue weighted by Gasteiger charge is -2.48. The predicted octanol–water partition coefficient (Wildman–Crippen LogP) is 4.72. The van der Waals surface area contributed by atoms with Crippen LogP contribution in [0.25, 0.3) is 0 Å². The van der Waals surface area contributed by atoms with Crippen LogP contribution in [0.15, 0.2) is 36.5 Å². The largest absolute Gasteiger partial charge is 0.497 e. The summed E-state index contributed by atoms with van der Waals surface area (Å²) in [6.45, 7) is 1.98. The number of carbonyl (C=O) groups is 1. The number of hydrogen-bond acceptors (Lipinski definition) is 4. The average molecular weight is 463 g/mol. The van der Waals surface area contributed by atoms with E-state index < -0.39 is 17.4 Å². The molecule has 1 spiro atoms. The zero-order valence-corrected chi connectivity index (χ0v) is 19.3. The molecule has 2 fully saturated rings. The van der Waals surface area contributed by atoms with Gasteiger partial charge in [0.1, 0.15) is 11.4 Å². The number of amides is 2. The molecule has 33 heavy (non-hydrogen) atoms. The van der Waals surface area contributed by atoms with Gasteiger partial charge in [-0.3, -0.25) is 9.80 Å². The third-order valence-corrected chi connectivity index (χ3v) is 7.24. The smallest absolute Gasteiger partial charge is 0.433 e. The van der Waals surface area contributed by atoms with Crippen LogP contribution in [0.3, 0.4) is 0 Å². The van der Waals surface area contributed by atoms with Crippen molar-refractivity contribution < 1.29 is 22.7 Å². The van der Waals surface area contributed by atoms with E-state index in [1.165, 1.54) is 10.5 Å². The molecule has 0 radical (unpaired) electrons. The monoisotopic (exact) mass is 462 g/mol. The molecule has 2 aromatic rings. The minimum Gasteiger partial charge on any atom is -0.497 e. The molecule has 1 aromatic heterocycles. The van der Waals surface area contributed by atoms with E-state index in [-0.39, 0.29) is 11.6 Å². The molecule has 1 aliphatic heterocycles. The molecule has 1 aliphatic carbocycles. The Hall–Kier alpha value is -2.81. The number of pyridine rings is 1. The minimum absolute atomic E-state index is 0.191. The summed E-state index contributed by atoms with van der Waals surface area (Å²) in [6, 6.07) is 8.79. The number of hydrogen-bond donors (Lipinski definition) is 1. The molecule has 1 aromatic carbocycles. The number of aromatic nitrogens is 1. The highest BCUT2D eigenvalue weighted by molar-refractivity contribution is 5.96. The van der Waals surface area contributed by atoms with Gasteiger partial charge in [-0.1, -0.05) is 12.1 Å². The Labute approximate surface area is 191 Å². The van der Waals surface area contributed by atoms with Crippen molar-refractivity contribution in [1.29, 1.82) is 0 Å². The van der Waals surface area contributed by atoms with Crippen molar-refractivity contribution in [2.24, 2.45) is 0 Å². The van der Waals surface area contributed by atoms with Gasteiger partial charge in [-0.05, 0) is 76.0 Å². The minimum atomic E-state index is -4.52. The fourth-order valence-corrected chi connectivity index (χ4v) is 5.22. The first-order valence-electron chi connectivity index (χ1n) is 11.0. The predicted molar refractivity (Wildman–Crippen MR) is 119 cm³/mol. The zero-order chi connectivity index (χ0) is 24.0. The lowest BCUT2D eigenvalue weighted by Crippen LogP contribution is -2.54. The number of carbonyl (C=O) groups excluding carboxylic acids is 1. The molecule has 1 saturated carbocycles. The number of nitrogens with zero attached hydrogens (tertiary/aromatic N) is 3. The standard InChI is InChI=1S/C24H29F3N4O2/c1-16-12-20(24(25,26)27)28-14-19(16)31-15-22(29-21(31)32)8-10-23(11-9-22,30(2)3)17-6-5-7-18(13-17)33-4/h5-7,12-14H,8-11,15H2,1-4H3,(H,29,32)/t22-,23+. The maximum absolute atomic E-state index is 13.0. The van der Waals surface area contributed by atoms with Crippen molar-refractivity contribution in [3.63, 3.8) is 0 Å². The van der Waals surface area contributed by atoms with Crippen LogP contribution in [0.1, 0.15) is 42.5 Å². The second-order valence-corrected chi connectivity index (χ2v) is 9.31. The first-order valence-corrected chi connectivity index (χ1v) is 11.0. The first kappa shape index (κ1) is 23.4. The molecular formula is C24H29F3N4O2. The van der Waals surface area contributed by atoms with Gasteiger partial charge in [0.2, 0.25) is 0 Å². The Bertz CT molecular complexity index is 1050. The molecule has 0 atom stereocenters. The molecule has 6 nitrogen and oxygen atoms in total. The van der Waals surface area contributed by atoms with Gasteiger partial charge in [0.15, 0.2) is 0 Å². The van der Waals surface area contributed by atoms with E-state index >= 15 is 0 Å². The summed E-state index contributed by atoms with van der Waals surface area (Å²) in [4.78, 5) is 20.2. The Morgan fingerprint density at radius 3 is 2.42 bits per heavy atom. The van der Waals surface area contributed by atoms with Crippen LogP contribution >= 0.6 is 0 Å². The van der Waals surface area contributed by atoms with Gasteiger partial charge in [0.25, 0.3) is 0 Å². The van der Waals surface area contributed by atoms with Crippen LogP contribution in [-0.4, -0.2) is 49.2 Å². The van der Waals surface area contributed by atoms with Crippen LogP contribution in [0.2, 0.25) is 0 Å². The third kappa shape index (κ3) is 4.14. The summed E-state index contributed by atoms with van der Waals surface area (Å²) in [5.74, 6) is 0.805. The van der Waals surface area contributed by atoms with Crippen LogP contribution in [0.5, 0.6) is 5.75 Å². The number of methoxy groups -OCH3 is 1. The van der Waals surface area contributed by atoms with Gasteiger partial charge in [-0.2, -0.15) is 13.2 Å². The molecule has 2 aliphatic rings. The van der Waals surface area contributed by atoms with Crippen LogP contribution in [0, 0.1) is 6.92 Å². The molecule has 9 heteroatoms. The molecule has 178 valence electrons. The van der Waals surface area contributed by atoms with Crippen LogP contribution < -0.4 is 15.0 Å². The summed E-state index contributed by atoms with van der Waals surface area (Å²) < 4.78 is 44.4. The highest BCUT2D eigenvalue weighted by Crippen LogP contribution is 2.47. The Morgan fingerprint density at radius 1 is 1.15 bits per heavy atom. The van der Waals surface area contributed by atoms with E-state index in [0.717, 1.165) is 43.7 Å². The number of anilines is 1. The molecular weight excluding hydrogens is 433 g/mol. The molecule has 4 rings (SSSR count). The molecule has 2 amide bonds.